The Kier molecular flexibility index (Phi) is 5.10. The second-order valence-electron chi connectivity index (χ2n) is 4.66. The molecule has 1 saturated carbocycles. The van der Waals surface area contributed by atoms with E-state index in [0.717, 1.165) is 16.4 Å². The maximum absolute atomic E-state index is 12.5. The molecule has 1 aromatic carbocycles. The summed E-state index contributed by atoms with van der Waals surface area (Å²) in [6.45, 7) is 0.181. The molecule has 108 valence electrons. The smallest absolute Gasteiger partial charge is 0.305 e. The second-order valence-corrected chi connectivity index (χ2v) is 7.07. The number of halogens is 2. The van der Waals surface area contributed by atoms with Gasteiger partial charge in [-0.15, -0.1) is 0 Å². The minimum atomic E-state index is -0.926. The van der Waals surface area contributed by atoms with Gasteiger partial charge in [-0.1, -0.05) is 0 Å². The van der Waals surface area contributed by atoms with Crippen LogP contribution in [-0.2, 0) is 4.79 Å². The monoisotopic (exact) mass is 501 g/mol. The number of carbonyl (C=O) groups is 2. The van der Waals surface area contributed by atoms with Crippen molar-refractivity contribution in [3.05, 3.63) is 24.8 Å². The summed E-state index contributed by atoms with van der Waals surface area (Å²) in [6, 6.07) is 3.53. The van der Waals surface area contributed by atoms with Crippen molar-refractivity contribution in [2.75, 3.05) is 6.54 Å². The third-order valence-corrected chi connectivity index (χ3v) is 4.52. The highest BCUT2D eigenvalue weighted by molar-refractivity contribution is 14.1. The molecule has 7 heteroatoms. The van der Waals surface area contributed by atoms with E-state index in [1.54, 1.807) is 17.0 Å². The van der Waals surface area contributed by atoms with Crippen LogP contribution in [0.3, 0.4) is 0 Å². The van der Waals surface area contributed by atoms with Crippen molar-refractivity contribution in [1.82, 2.24) is 4.90 Å². The fourth-order valence-electron chi connectivity index (χ4n) is 1.94. The van der Waals surface area contributed by atoms with Gasteiger partial charge in [-0.3, -0.25) is 9.59 Å². The molecule has 2 rings (SSSR count). The van der Waals surface area contributed by atoms with Gasteiger partial charge >= 0.3 is 5.97 Å². The van der Waals surface area contributed by atoms with Gasteiger partial charge in [0.1, 0.15) is 5.75 Å². The number of phenolic OH excluding ortho intramolecular Hbond substituents is 1. The molecular formula is C13H13I2NO4. The Morgan fingerprint density at radius 2 is 1.95 bits per heavy atom. The fraction of sp³-hybridized carbons (Fsp3) is 0.385. The molecule has 5 nitrogen and oxygen atoms in total. The van der Waals surface area contributed by atoms with Crippen molar-refractivity contribution in [3.63, 3.8) is 0 Å². The highest BCUT2D eigenvalue weighted by Gasteiger charge is 2.34. The SMILES string of the molecule is O=C(O)CCN(C(=O)c1cc(I)cc(I)c1O)C1CC1. The Balaban J connectivity index is 2.25. The van der Waals surface area contributed by atoms with Crippen molar-refractivity contribution >= 4 is 57.1 Å². The van der Waals surface area contributed by atoms with E-state index >= 15 is 0 Å². The molecule has 2 N–H and O–H groups in total. The summed E-state index contributed by atoms with van der Waals surface area (Å²) in [5.74, 6) is -1.25. The molecule has 20 heavy (non-hydrogen) atoms. The Hall–Kier alpha value is -0.580. The summed E-state index contributed by atoms with van der Waals surface area (Å²) in [7, 11) is 0. The number of hydrogen-bond acceptors (Lipinski definition) is 3. The number of amides is 1. The summed E-state index contributed by atoms with van der Waals surface area (Å²) in [5, 5.41) is 18.8. The summed E-state index contributed by atoms with van der Waals surface area (Å²) in [4.78, 5) is 24.8. The molecule has 0 spiro atoms. The zero-order valence-corrected chi connectivity index (χ0v) is 14.8. The lowest BCUT2D eigenvalue weighted by Gasteiger charge is -2.22. The van der Waals surface area contributed by atoms with Gasteiger partial charge in [0.15, 0.2) is 0 Å². The number of phenols is 1. The largest absolute Gasteiger partial charge is 0.506 e. The third kappa shape index (κ3) is 3.74. The fourth-order valence-corrected chi connectivity index (χ4v) is 3.78. The van der Waals surface area contributed by atoms with Gasteiger partial charge in [0, 0.05) is 16.2 Å². The van der Waals surface area contributed by atoms with Crippen molar-refractivity contribution in [2.24, 2.45) is 0 Å². The molecule has 0 heterocycles. The zero-order valence-electron chi connectivity index (χ0n) is 10.5. The molecule has 0 aliphatic heterocycles. The van der Waals surface area contributed by atoms with Crippen molar-refractivity contribution in [1.29, 1.82) is 0 Å². The topological polar surface area (TPSA) is 77.8 Å². The van der Waals surface area contributed by atoms with Crippen LogP contribution in [0.5, 0.6) is 5.75 Å². The number of carboxylic acids is 1. The van der Waals surface area contributed by atoms with Gasteiger partial charge in [0.2, 0.25) is 0 Å². The number of hydrogen-bond donors (Lipinski definition) is 2. The number of benzene rings is 1. The molecule has 0 saturated heterocycles. The first kappa shape index (κ1) is 15.8. The van der Waals surface area contributed by atoms with Crippen LogP contribution in [-0.4, -0.2) is 39.6 Å². The number of carbonyl (C=O) groups excluding carboxylic acids is 1. The van der Waals surface area contributed by atoms with Gasteiger partial charge in [-0.2, -0.15) is 0 Å². The van der Waals surface area contributed by atoms with Crippen LogP contribution in [0.2, 0.25) is 0 Å². The van der Waals surface area contributed by atoms with E-state index in [0.29, 0.717) is 3.57 Å². The van der Waals surface area contributed by atoms with Crippen molar-refractivity contribution in [3.8, 4) is 5.75 Å². The number of rotatable bonds is 5. The standard InChI is InChI=1S/C13H13I2NO4/c14-7-5-9(12(19)10(15)6-7)13(20)16(8-1-2-8)4-3-11(17)18/h5-6,8,19H,1-4H2,(H,17,18). The molecule has 0 aromatic heterocycles. The minimum absolute atomic E-state index is 0.0306. The number of aliphatic carboxylic acids is 1. The number of carboxylic acid groups (broad SMARTS) is 1. The van der Waals surface area contributed by atoms with E-state index in [-0.39, 0.29) is 36.2 Å². The molecule has 0 radical (unpaired) electrons. The summed E-state index contributed by atoms with van der Waals surface area (Å²) in [6.07, 6.45) is 1.71. The van der Waals surface area contributed by atoms with Crippen LogP contribution in [0, 0.1) is 7.14 Å². The lowest BCUT2D eigenvalue weighted by molar-refractivity contribution is -0.137. The molecule has 1 fully saturated rings. The maximum Gasteiger partial charge on any atom is 0.305 e. The zero-order chi connectivity index (χ0) is 14.9. The van der Waals surface area contributed by atoms with Crippen LogP contribution < -0.4 is 0 Å². The van der Waals surface area contributed by atoms with E-state index in [2.05, 4.69) is 22.6 Å². The predicted molar refractivity (Wildman–Crippen MR) is 89.9 cm³/mol. The summed E-state index contributed by atoms with van der Waals surface area (Å²) in [5.41, 5.74) is 0.249. The Morgan fingerprint density at radius 1 is 1.30 bits per heavy atom. The van der Waals surface area contributed by atoms with E-state index in [4.69, 9.17) is 5.11 Å². The summed E-state index contributed by atoms with van der Waals surface area (Å²) < 4.78 is 1.48. The normalized spacial score (nSPS) is 14.1. The van der Waals surface area contributed by atoms with Gasteiger partial charge in [0.05, 0.1) is 15.6 Å². The molecule has 1 aliphatic rings. The average molecular weight is 501 g/mol. The van der Waals surface area contributed by atoms with Crippen LogP contribution in [0.25, 0.3) is 0 Å². The molecule has 0 atom stereocenters. The van der Waals surface area contributed by atoms with E-state index in [1.807, 2.05) is 22.6 Å². The van der Waals surface area contributed by atoms with Crippen LogP contribution in [0.1, 0.15) is 29.6 Å². The third-order valence-electron chi connectivity index (χ3n) is 3.07. The maximum atomic E-state index is 12.5. The van der Waals surface area contributed by atoms with Crippen LogP contribution in [0.4, 0.5) is 0 Å². The van der Waals surface area contributed by atoms with Crippen molar-refractivity contribution < 1.29 is 19.8 Å². The molecule has 0 bridgehead atoms. The molecular weight excluding hydrogens is 488 g/mol. The van der Waals surface area contributed by atoms with Crippen LogP contribution >= 0.6 is 45.2 Å². The number of aromatic hydroxyl groups is 1. The van der Waals surface area contributed by atoms with E-state index < -0.39 is 5.97 Å². The quantitative estimate of drug-likeness (QED) is 0.609. The molecule has 1 amide bonds. The lowest BCUT2D eigenvalue weighted by Crippen LogP contribution is -2.35. The van der Waals surface area contributed by atoms with E-state index in [9.17, 15) is 14.7 Å². The van der Waals surface area contributed by atoms with E-state index in [1.165, 1.54) is 0 Å². The first-order valence-electron chi connectivity index (χ1n) is 6.11. The predicted octanol–water partition coefficient (Wildman–Crippen LogP) is 2.68. The van der Waals surface area contributed by atoms with Gasteiger partial charge in [0.25, 0.3) is 5.91 Å². The lowest BCUT2D eigenvalue weighted by atomic mass is 10.1. The highest BCUT2D eigenvalue weighted by Crippen LogP contribution is 2.32. The first-order chi connectivity index (χ1) is 9.40. The molecule has 1 aromatic rings. The Bertz CT molecular complexity index is 558. The van der Waals surface area contributed by atoms with Gasteiger partial charge in [-0.25, -0.2) is 0 Å². The Labute approximate surface area is 143 Å². The Morgan fingerprint density at radius 3 is 2.50 bits per heavy atom. The molecule has 1 aliphatic carbocycles. The summed E-state index contributed by atoms with van der Waals surface area (Å²) >= 11 is 4.07. The van der Waals surface area contributed by atoms with Crippen LogP contribution in [0.15, 0.2) is 12.1 Å². The van der Waals surface area contributed by atoms with Gasteiger partial charge < -0.3 is 15.1 Å². The molecule has 0 unspecified atom stereocenters. The second kappa shape index (κ2) is 6.46. The van der Waals surface area contributed by atoms with Gasteiger partial charge in [-0.05, 0) is 70.2 Å². The highest BCUT2D eigenvalue weighted by atomic mass is 127. The first-order valence-corrected chi connectivity index (χ1v) is 8.26. The van der Waals surface area contributed by atoms with Crippen molar-refractivity contribution in [2.45, 2.75) is 25.3 Å². The average Bonchev–Trinajstić information content (AvgIpc) is 3.17. The number of nitrogens with zero attached hydrogens (tertiary/aromatic N) is 1. The minimum Gasteiger partial charge on any atom is -0.506 e.